The monoisotopic (exact) mass is 538 g/mol. The zero-order valence-corrected chi connectivity index (χ0v) is 20.0. The van der Waals surface area contributed by atoms with Gasteiger partial charge in [0.25, 0.3) is 35.0 Å². The average molecular weight is 538 g/mol. The van der Waals surface area contributed by atoms with E-state index < -0.39 is 33.5 Å². The Labute approximate surface area is 222 Å². The molecule has 2 aliphatic rings. The van der Waals surface area contributed by atoms with Crippen LogP contribution in [0.4, 0.5) is 22.7 Å². The molecular weight excluding hydrogens is 524 g/mol. The van der Waals surface area contributed by atoms with E-state index in [9.17, 15) is 39.4 Å². The molecule has 2 aliphatic heterocycles. The number of carbonyl (C=O) groups is 4. The van der Waals surface area contributed by atoms with Crippen molar-refractivity contribution in [3.05, 3.63) is 115 Å². The summed E-state index contributed by atoms with van der Waals surface area (Å²) in [7, 11) is 0. The van der Waals surface area contributed by atoms with E-state index in [2.05, 4.69) is 10.9 Å². The van der Waals surface area contributed by atoms with E-state index in [0.29, 0.717) is 0 Å². The molecule has 0 saturated heterocycles. The van der Waals surface area contributed by atoms with Crippen LogP contribution in [0.25, 0.3) is 10.8 Å². The van der Waals surface area contributed by atoms with Gasteiger partial charge in [0.1, 0.15) is 0 Å². The molecule has 14 nitrogen and oxygen atoms in total. The number of benzene rings is 4. The summed E-state index contributed by atoms with van der Waals surface area (Å²) in [5, 5.41) is 23.7. The summed E-state index contributed by atoms with van der Waals surface area (Å²) in [6.07, 6.45) is 0. The summed E-state index contributed by atoms with van der Waals surface area (Å²) >= 11 is 0. The number of hydrogen-bond donors (Lipinski definition) is 2. The van der Waals surface area contributed by atoms with Gasteiger partial charge in [-0.15, -0.1) is 0 Å². The van der Waals surface area contributed by atoms with Crippen molar-refractivity contribution >= 4 is 57.2 Å². The first-order chi connectivity index (χ1) is 19.2. The molecule has 0 fully saturated rings. The number of nitrogens with zero attached hydrogens (tertiary/aromatic N) is 4. The third-order valence-corrected chi connectivity index (χ3v) is 6.53. The predicted molar refractivity (Wildman–Crippen MR) is 138 cm³/mol. The van der Waals surface area contributed by atoms with Crippen LogP contribution in [0.5, 0.6) is 0 Å². The number of carbonyl (C=O) groups excluding carboxylic acids is 4. The van der Waals surface area contributed by atoms with E-state index in [1.165, 1.54) is 72.8 Å². The van der Waals surface area contributed by atoms with Gasteiger partial charge in [-0.2, -0.15) is 10.0 Å². The molecule has 4 aromatic rings. The minimum absolute atomic E-state index is 0.0713. The third-order valence-electron chi connectivity index (χ3n) is 6.53. The largest absolute Gasteiger partial charge is 0.288 e. The summed E-state index contributed by atoms with van der Waals surface area (Å²) in [5.41, 5.74) is 5.78. The van der Waals surface area contributed by atoms with Crippen molar-refractivity contribution < 1.29 is 29.0 Å². The lowest BCUT2D eigenvalue weighted by atomic mass is 9.86. The van der Waals surface area contributed by atoms with Gasteiger partial charge in [0.15, 0.2) is 0 Å². The van der Waals surface area contributed by atoms with Gasteiger partial charge in [0.2, 0.25) is 0 Å². The molecule has 4 aromatic carbocycles. The van der Waals surface area contributed by atoms with E-state index in [1.54, 1.807) is 0 Å². The van der Waals surface area contributed by atoms with Gasteiger partial charge in [-0.05, 0) is 48.5 Å². The van der Waals surface area contributed by atoms with Crippen molar-refractivity contribution in [2.75, 3.05) is 10.9 Å². The standard InChI is InChI=1S/C26H14N6O8/c33-23-17-9-11-19-22-20(26(36)30(25(19)35)28-14-3-7-16(8-4-14)32(39)40)12-10-18(21(17)22)24(34)29(23)27-13-1-5-15(6-2-13)31(37)38/h1-12,27-28H. The van der Waals surface area contributed by atoms with E-state index in [-0.39, 0.29) is 55.8 Å². The van der Waals surface area contributed by atoms with Gasteiger partial charge >= 0.3 is 0 Å². The summed E-state index contributed by atoms with van der Waals surface area (Å²) in [5.74, 6) is -2.98. The summed E-state index contributed by atoms with van der Waals surface area (Å²) in [6, 6.07) is 15.8. The van der Waals surface area contributed by atoms with E-state index in [1.807, 2.05) is 0 Å². The van der Waals surface area contributed by atoms with Crippen molar-refractivity contribution in [1.82, 2.24) is 10.0 Å². The topological polar surface area (TPSA) is 185 Å². The molecule has 0 aliphatic carbocycles. The van der Waals surface area contributed by atoms with Crippen molar-refractivity contribution in [2.45, 2.75) is 0 Å². The lowest BCUT2D eigenvalue weighted by Crippen LogP contribution is -2.46. The van der Waals surface area contributed by atoms with Crippen molar-refractivity contribution in [3.63, 3.8) is 0 Å². The molecule has 6 rings (SSSR count). The fourth-order valence-corrected chi connectivity index (χ4v) is 4.65. The molecule has 0 radical (unpaired) electrons. The fourth-order valence-electron chi connectivity index (χ4n) is 4.65. The first-order valence-electron chi connectivity index (χ1n) is 11.5. The first-order valence-corrected chi connectivity index (χ1v) is 11.5. The van der Waals surface area contributed by atoms with Gasteiger partial charge < -0.3 is 0 Å². The molecular formula is C26H14N6O8. The molecule has 196 valence electrons. The Kier molecular flexibility index (Phi) is 5.25. The van der Waals surface area contributed by atoms with Crippen molar-refractivity contribution in [1.29, 1.82) is 0 Å². The normalized spacial score (nSPS) is 14.0. The maximum Gasteiger partial charge on any atom is 0.280 e. The average Bonchev–Trinajstić information content (AvgIpc) is 2.95. The molecule has 0 aromatic heterocycles. The number of nitro benzene ring substituents is 2. The van der Waals surface area contributed by atoms with Gasteiger partial charge in [-0.1, -0.05) is 0 Å². The highest BCUT2D eigenvalue weighted by molar-refractivity contribution is 6.33. The highest BCUT2D eigenvalue weighted by atomic mass is 16.6. The van der Waals surface area contributed by atoms with Crippen LogP contribution in [0, 0.1) is 20.2 Å². The number of anilines is 2. The van der Waals surface area contributed by atoms with E-state index >= 15 is 0 Å². The molecule has 4 amide bonds. The molecule has 0 atom stereocenters. The molecule has 2 heterocycles. The predicted octanol–water partition coefficient (Wildman–Crippen LogP) is 3.90. The van der Waals surface area contributed by atoms with Crippen LogP contribution in [0.1, 0.15) is 41.4 Å². The number of nitro groups is 2. The second kappa shape index (κ2) is 8.70. The maximum absolute atomic E-state index is 13.4. The minimum atomic E-state index is -0.745. The van der Waals surface area contributed by atoms with Gasteiger partial charge in [0.05, 0.1) is 43.5 Å². The van der Waals surface area contributed by atoms with Crippen LogP contribution in [0.15, 0.2) is 72.8 Å². The molecule has 0 spiro atoms. The molecule has 2 N–H and O–H groups in total. The van der Waals surface area contributed by atoms with Crippen LogP contribution in [0.3, 0.4) is 0 Å². The quantitative estimate of drug-likeness (QED) is 0.207. The second-order valence-electron chi connectivity index (χ2n) is 8.79. The molecule has 0 bridgehead atoms. The first kappa shape index (κ1) is 24.2. The Bertz CT molecular complexity index is 1630. The Hall–Kier alpha value is -6.18. The number of amides is 4. The molecule has 14 heteroatoms. The van der Waals surface area contributed by atoms with Crippen LogP contribution < -0.4 is 10.9 Å². The Morgan fingerprint density at radius 3 is 1.00 bits per heavy atom. The number of rotatable bonds is 6. The lowest BCUT2D eigenvalue weighted by Gasteiger charge is -2.32. The van der Waals surface area contributed by atoms with Crippen LogP contribution in [0.2, 0.25) is 0 Å². The van der Waals surface area contributed by atoms with E-state index in [4.69, 9.17) is 0 Å². The van der Waals surface area contributed by atoms with E-state index in [0.717, 1.165) is 10.0 Å². The summed E-state index contributed by atoms with van der Waals surface area (Å²) in [6.45, 7) is 0. The summed E-state index contributed by atoms with van der Waals surface area (Å²) in [4.78, 5) is 74.1. The van der Waals surface area contributed by atoms with Gasteiger partial charge in [-0.25, -0.2) is 0 Å². The second-order valence-corrected chi connectivity index (χ2v) is 8.79. The molecule has 40 heavy (non-hydrogen) atoms. The van der Waals surface area contributed by atoms with Gasteiger partial charge in [0, 0.05) is 35.0 Å². The fraction of sp³-hybridized carbons (Fsp3) is 0. The Morgan fingerprint density at radius 2 is 0.750 bits per heavy atom. The number of non-ortho nitro benzene ring substituents is 2. The lowest BCUT2D eigenvalue weighted by molar-refractivity contribution is -0.385. The Balaban J connectivity index is 1.36. The SMILES string of the molecule is O=C1c2ccc3c4c(ccc(c24)C(=O)N1Nc1ccc([N+](=O)[O-])cc1)C(=O)N(Nc1ccc([N+](=O)[O-])cc1)C3=O. The van der Waals surface area contributed by atoms with Crippen molar-refractivity contribution in [3.8, 4) is 0 Å². The number of imide groups is 2. The zero-order chi connectivity index (χ0) is 28.3. The van der Waals surface area contributed by atoms with Crippen molar-refractivity contribution in [2.24, 2.45) is 0 Å². The van der Waals surface area contributed by atoms with Crippen LogP contribution >= 0.6 is 0 Å². The zero-order valence-electron chi connectivity index (χ0n) is 20.0. The maximum atomic E-state index is 13.4. The highest BCUT2D eigenvalue weighted by Crippen LogP contribution is 2.38. The number of nitrogens with one attached hydrogen (secondary N) is 2. The summed E-state index contributed by atoms with van der Waals surface area (Å²) < 4.78 is 0. The van der Waals surface area contributed by atoms with Crippen LogP contribution in [-0.4, -0.2) is 43.5 Å². The highest BCUT2D eigenvalue weighted by Gasteiger charge is 2.40. The number of hydrazine groups is 2. The van der Waals surface area contributed by atoms with Gasteiger partial charge in [-0.3, -0.25) is 50.3 Å². The molecule has 0 unspecified atom stereocenters. The molecule has 0 saturated carbocycles. The number of hydrogen-bond acceptors (Lipinski definition) is 10. The smallest absolute Gasteiger partial charge is 0.280 e. The van der Waals surface area contributed by atoms with Crippen LogP contribution in [-0.2, 0) is 0 Å². The third kappa shape index (κ3) is 3.59. The minimum Gasteiger partial charge on any atom is -0.288 e. The Morgan fingerprint density at radius 1 is 0.475 bits per heavy atom.